The van der Waals surface area contributed by atoms with Crippen LogP contribution in [0.2, 0.25) is 0 Å². The van der Waals surface area contributed by atoms with Crippen LogP contribution in [-0.4, -0.2) is 16.7 Å². The summed E-state index contributed by atoms with van der Waals surface area (Å²) >= 11 is 0. The second-order valence-electron chi connectivity index (χ2n) is 5.56. The second-order valence-corrected chi connectivity index (χ2v) is 5.56. The molecule has 0 unspecified atom stereocenters. The molecule has 0 fully saturated rings. The van der Waals surface area contributed by atoms with E-state index in [1.807, 2.05) is 48.5 Å². The quantitative estimate of drug-likeness (QED) is 0.725. The summed E-state index contributed by atoms with van der Waals surface area (Å²) < 4.78 is 0. The number of carbonyl (C=O) groups excluding carboxylic acids is 1. The standard InChI is InChI=1S/C20H15N3O/c24-20(15-10-12-21-13-11-15)22-19-18-9-5-4-6-16(18)14-23(19)17-7-2-1-3-8-17/h1-13H,14H2. The van der Waals surface area contributed by atoms with Gasteiger partial charge in [-0.1, -0.05) is 42.5 Å². The normalized spacial score (nSPS) is 14.7. The van der Waals surface area contributed by atoms with Crippen LogP contribution in [-0.2, 0) is 6.54 Å². The zero-order valence-corrected chi connectivity index (χ0v) is 13.0. The molecular weight excluding hydrogens is 298 g/mol. The van der Waals surface area contributed by atoms with Crippen LogP contribution in [0.25, 0.3) is 0 Å². The van der Waals surface area contributed by atoms with Gasteiger partial charge in [-0.15, -0.1) is 0 Å². The number of aromatic nitrogens is 1. The van der Waals surface area contributed by atoms with Crippen LogP contribution in [0.1, 0.15) is 21.5 Å². The average molecular weight is 313 g/mol. The average Bonchev–Trinajstić information content (AvgIpc) is 3.02. The number of rotatable bonds is 2. The van der Waals surface area contributed by atoms with E-state index < -0.39 is 0 Å². The summed E-state index contributed by atoms with van der Waals surface area (Å²) in [6.45, 7) is 0.711. The van der Waals surface area contributed by atoms with Crippen molar-refractivity contribution in [2.24, 2.45) is 4.99 Å². The van der Waals surface area contributed by atoms with E-state index in [0.717, 1.165) is 11.3 Å². The molecule has 0 N–H and O–H groups in total. The Morgan fingerprint density at radius 2 is 1.62 bits per heavy atom. The number of para-hydroxylation sites is 1. The molecule has 116 valence electrons. The SMILES string of the molecule is O=C(N=C1c2ccccc2CN1c1ccccc1)c1ccncc1. The van der Waals surface area contributed by atoms with Gasteiger partial charge >= 0.3 is 0 Å². The van der Waals surface area contributed by atoms with Crippen molar-refractivity contribution in [2.75, 3.05) is 4.90 Å². The first-order chi connectivity index (χ1) is 11.8. The number of aliphatic imine (C=N–C) groups is 1. The first-order valence-electron chi connectivity index (χ1n) is 7.77. The molecule has 1 aromatic heterocycles. The van der Waals surface area contributed by atoms with Crippen LogP contribution in [0.5, 0.6) is 0 Å². The summed E-state index contributed by atoms with van der Waals surface area (Å²) in [5.41, 5.74) is 3.73. The summed E-state index contributed by atoms with van der Waals surface area (Å²) in [5, 5.41) is 0. The molecule has 2 heterocycles. The summed E-state index contributed by atoms with van der Waals surface area (Å²) in [4.78, 5) is 23.0. The number of nitrogens with zero attached hydrogens (tertiary/aromatic N) is 3. The highest BCUT2D eigenvalue weighted by molar-refractivity contribution is 6.18. The topological polar surface area (TPSA) is 45.6 Å². The van der Waals surface area contributed by atoms with Crippen molar-refractivity contribution >= 4 is 17.4 Å². The van der Waals surface area contributed by atoms with Gasteiger partial charge in [0, 0.05) is 29.2 Å². The Morgan fingerprint density at radius 1 is 0.917 bits per heavy atom. The number of amidine groups is 1. The van der Waals surface area contributed by atoms with Gasteiger partial charge in [0.1, 0.15) is 5.84 Å². The van der Waals surface area contributed by atoms with Gasteiger partial charge in [-0.25, -0.2) is 0 Å². The molecule has 0 bridgehead atoms. The largest absolute Gasteiger partial charge is 0.321 e. The minimum absolute atomic E-state index is 0.259. The molecule has 0 saturated carbocycles. The zero-order valence-electron chi connectivity index (χ0n) is 13.0. The van der Waals surface area contributed by atoms with Crippen LogP contribution in [0.3, 0.4) is 0 Å². The molecule has 4 rings (SSSR count). The molecule has 1 amide bonds. The summed E-state index contributed by atoms with van der Waals surface area (Å²) in [6.07, 6.45) is 3.20. The fraction of sp³-hybridized carbons (Fsp3) is 0.0500. The lowest BCUT2D eigenvalue weighted by atomic mass is 10.1. The van der Waals surface area contributed by atoms with E-state index in [4.69, 9.17) is 0 Å². The van der Waals surface area contributed by atoms with Gasteiger partial charge in [-0.05, 0) is 29.8 Å². The summed E-state index contributed by atoms with van der Waals surface area (Å²) in [6, 6.07) is 21.4. The Kier molecular flexibility index (Phi) is 3.63. The van der Waals surface area contributed by atoms with E-state index in [9.17, 15) is 4.79 Å². The fourth-order valence-electron chi connectivity index (χ4n) is 2.86. The highest BCUT2D eigenvalue weighted by Crippen LogP contribution is 2.28. The van der Waals surface area contributed by atoms with Crippen molar-refractivity contribution in [1.82, 2.24) is 4.98 Å². The third-order valence-electron chi connectivity index (χ3n) is 4.04. The first-order valence-corrected chi connectivity index (χ1v) is 7.77. The van der Waals surface area contributed by atoms with Crippen LogP contribution in [0, 0.1) is 0 Å². The van der Waals surface area contributed by atoms with Crippen molar-refractivity contribution in [3.63, 3.8) is 0 Å². The third-order valence-corrected chi connectivity index (χ3v) is 4.04. The van der Waals surface area contributed by atoms with Gasteiger partial charge in [0.15, 0.2) is 0 Å². The maximum Gasteiger partial charge on any atom is 0.279 e. The van der Waals surface area contributed by atoms with E-state index in [1.165, 1.54) is 5.56 Å². The molecule has 0 atom stereocenters. The molecule has 4 nitrogen and oxygen atoms in total. The monoisotopic (exact) mass is 313 g/mol. The highest BCUT2D eigenvalue weighted by atomic mass is 16.1. The lowest BCUT2D eigenvalue weighted by Crippen LogP contribution is -2.25. The smallest absolute Gasteiger partial charge is 0.279 e. The number of hydrogen-bond donors (Lipinski definition) is 0. The van der Waals surface area contributed by atoms with Crippen molar-refractivity contribution < 1.29 is 4.79 Å². The van der Waals surface area contributed by atoms with Gasteiger partial charge in [0.25, 0.3) is 5.91 Å². The molecule has 3 aromatic rings. The minimum atomic E-state index is -0.259. The number of pyridine rings is 1. The molecule has 0 spiro atoms. The molecule has 0 saturated heterocycles. The molecule has 4 heteroatoms. The Labute approximate surface area is 140 Å². The predicted molar refractivity (Wildman–Crippen MR) is 94.2 cm³/mol. The molecule has 1 aliphatic rings. The van der Waals surface area contributed by atoms with Gasteiger partial charge in [0.2, 0.25) is 0 Å². The van der Waals surface area contributed by atoms with E-state index in [-0.39, 0.29) is 5.91 Å². The Morgan fingerprint density at radius 3 is 2.42 bits per heavy atom. The number of anilines is 1. The zero-order chi connectivity index (χ0) is 16.4. The van der Waals surface area contributed by atoms with Crippen molar-refractivity contribution in [2.45, 2.75) is 6.54 Å². The molecule has 24 heavy (non-hydrogen) atoms. The Balaban J connectivity index is 1.79. The maximum absolute atomic E-state index is 12.5. The molecular formula is C20H15N3O. The van der Waals surface area contributed by atoms with E-state index in [2.05, 4.69) is 20.9 Å². The van der Waals surface area contributed by atoms with Crippen LogP contribution >= 0.6 is 0 Å². The number of fused-ring (bicyclic) bond motifs is 1. The predicted octanol–water partition coefficient (Wildman–Crippen LogP) is 3.69. The van der Waals surface area contributed by atoms with Gasteiger partial charge < -0.3 is 4.90 Å². The number of amides is 1. The lowest BCUT2D eigenvalue weighted by Gasteiger charge is -2.19. The number of benzene rings is 2. The van der Waals surface area contributed by atoms with E-state index in [0.29, 0.717) is 17.9 Å². The number of carbonyl (C=O) groups is 1. The number of hydrogen-bond acceptors (Lipinski definition) is 2. The van der Waals surface area contributed by atoms with Gasteiger partial charge in [0.05, 0.1) is 6.54 Å². The minimum Gasteiger partial charge on any atom is -0.321 e. The fourth-order valence-corrected chi connectivity index (χ4v) is 2.86. The van der Waals surface area contributed by atoms with Crippen molar-refractivity contribution in [3.8, 4) is 0 Å². The van der Waals surface area contributed by atoms with E-state index in [1.54, 1.807) is 24.5 Å². The van der Waals surface area contributed by atoms with Crippen molar-refractivity contribution in [1.29, 1.82) is 0 Å². The molecule has 2 aromatic carbocycles. The third kappa shape index (κ3) is 2.58. The van der Waals surface area contributed by atoms with Crippen molar-refractivity contribution in [3.05, 3.63) is 95.8 Å². The first kappa shape index (κ1) is 14.3. The maximum atomic E-state index is 12.5. The van der Waals surface area contributed by atoms with Crippen LogP contribution in [0.4, 0.5) is 5.69 Å². The molecule has 1 aliphatic heterocycles. The lowest BCUT2D eigenvalue weighted by molar-refractivity contribution is 0.100. The second kappa shape index (κ2) is 6.08. The Hall–Kier alpha value is -3.27. The van der Waals surface area contributed by atoms with Crippen LogP contribution in [0.15, 0.2) is 84.1 Å². The summed E-state index contributed by atoms with van der Waals surface area (Å²) in [5.74, 6) is 0.434. The Bertz CT molecular complexity index is 904. The summed E-state index contributed by atoms with van der Waals surface area (Å²) in [7, 11) is 0. The van der Waals surface area contributed by atoms with Crippen LogP contribution < -0.4 is 4.90 Å². The van der Waals surface area contributed by atoms with E-state index >= 15 is 0 Å². The van der Waals surface area contributed by atoms with Gasteiger partial charge in [-0.3, -0.25) is 9.78 Å². The molecule has 0 aliphatic carbocycles. The van der Waals surface area contributed by atoms with Gasteiger partial charge in [-0.2, -0.15) is 4.99 Å². The molecule has 0 radical (unpaired) electrons. The highest BCUT2D eigenvalue weighted by Gasteiger charge is 2.27.